The van der Waals surface area contributed by atoms with Crippen molar-refractivity contribution in [1.82, 2.24) is 30.8 Å². The lowest BCUT2D eigenvalue weighted by Crippen LogP contribution is -2.56. The van der Waals surface area contributed by atoms with Crippen LogP contribution in [-0.2, 0) is 22.6 Å². The zero-order valence-electron chi connectivity index (χ0n) is 26.8. The number of urea groups is 1. The summed E-state index contributed by atoms with van der Waals surface area (Å²) < 4.78 is 23.6. The Labute approximate surface area is 274 Å². The normalized spacial score (nSPS) is 20.9. The minimum atomic E-state index is -0.305. The predicted octanol–water partition coefficient (Wildman–Crippen LogP) is 3.10. The van der Waals surface area contributed by atoms with E-state index in [-0.39, 0.29) is 37.2 Å². The number of nitrogens with zero attached hydrogens (tertiary/aromatic N) is 4. The van der Waals surface area contributed by atoms with Crippen LogP contribution in [0.25, 0.3) is 0 Å². The van der Waals surface area contributed by atoms with Gasteiger partial charge < -0.3 is 39.8 Å². The number of nitrogens with one attached hydrogen (secondary N) is 3. The highest BCUT2D eigenvalue weighted by molar-refractivity contribution is 5.95. The van der Waals surface area contributed by atoms with Crippen LogP contribution >= 0.6 is 0 Å². The van der Waals surface area contributed by atoms with Gasteiger partial charge in [0.2, 0.25) is 5.95 Å². The van der Waals surface area contributed by atoms with Gasteiger partial charge in [0.15, 0.2) is 0 Å². The van der Waals surface area contributed by atoms with Crippen LogP contribution in [0, 0.1) is 0 Å². The van der Waals surface area contributed by atoms with Crippen LogP contribution in [0.2, 0.25) is 0 Å². The molecular weight excluding hydrogens is 602 g/mol. The summed E-state index contributed by atoms with van der Waals surface area (Å²) in [7, 11) is 1.60. The molecule has 0 unspecified atom stereocenters. The van der Waals surface area contributed by atoms with Gasteiger partial charge in [0.05, 0.1) is 25.4 Å². The number of likely N-dealkylation sites (tertiary alicyclic amines) is 1. The molecular formula is C34H43N7O6. The van der Waals surface area contributed by atoms with E-state index >= 15 is 0 Å². The van der Waals surface area contributed by atoms with E-state index in [1.807, 2.05) is 36.7 Å². The first kappa shape index (κ1) is 32.5. The molecule has 4 heterocycles. The molecule has 0 aliphatic carbocycles. The van der Waals surface area contributed by atoms with E-state index in [0.29, 0.717) is 62.1 Å². The fourth-order valence-corrected chi connectivity index (χ4v) is 6.03. The second-order valence-electron chi connectivity index (χ2n) is 12.0. The summed E-state index contributed by atoms with van der Waals surface area (Å²) >= 11 is 0. The van der Waals surface area contributed by atoms with Gasteiger partial charge in [0.25, 0.3) is 5.91 Å². The number of carbonyl (C=O) groups excluding carboxylic acids is 2. The molecule has 3 aliphatic heterocycles. The second-order valence-corrected chi connectivity index (χ2v) is 12.0. The highest BCUT2D eigenvalue weighted by Crippen LogP contribution is 2.29. The molecule has 1 aromatic heterocycles. The zero-order chi connectivity index (χ0) is 32.4. The Hall–Kier alpha value is -4.46. The SMILES string of the molecule is COCCOc1cc2cc(c1)C(=O)NCCNC(=O)N[C@H]1CCN(Cc3cnc(N4CCCC4)nc3)C[C@@H]1OCc1cccc(c1)O2. The Morgan fingerprint density at radius 3 is 2.62 bits per heavy atom. The molecule has 47 heavy (non-hydrogen) atoms. The summed E-state index contributed by atoms with van der Waals surface area (Å²) in [6, 6.07) is 12.2. The number of hydrogen-bond donors (Lipinski definition) is 3. The quantitative estimate of drug-likeness (QED) is 0.329. The highest BCUT2D eigenvalue weighted by atomic mass is 16.5. The van der Waals surface area contributed by atoms with Gasteiger partial charge >= 0.3 is 6.03 Å². The van der Waals surface area contributed by atoms with Crippen LogP contribution in [0.5, 0.6) is 17.2 Å². The van der Waals surface area contributed by atoms with Gasteiger partial charge in [-0.15, -0.1) is 0 Å². The van der Waals surface area contributed by atoms with Crippen LogP contribution in [0.4, 0.5) is 10.7 Å². The van der Waals surface area contributed by atoms with Gasteiger partial charge in [-0.25, -0.2) is 14.8 Å². The summed E-state index contributed by atoms with van der Waals surface area (Å²) in [5, 5.41) is 8.82. The largest absolute Gasteiger partial charge is 0.491 e. The summed E-state index contributed by atoms with van der Waals surface area (Å²) in [5.74, 6) is 2.03. The number of methoxy groups -OCH3 is 1. The molecule has 2 atom stereocenters. The van der Waals surface area contributed by atoms with E-state index in [1.54, 1.807) is 25.3 Å². The fraction of sp³-hybridized carbons (Fsp3) is 0.471. The average Bonchev–Trinajstić information content (AvgIpc) is 3.62. The Morgan fingerprint density at radius 1 is 0.957 bits per heavy atom. The number of rotatable bonds is 7. The lowest BCUT2D eigenvalue weighted by molar-refractivity contribution is -0.0304. The van der Waals surface area contributed by atoms with E-state index in [1.165, 1.54) is 12.8 Å². The first-order chi connectivity index (χ1) is 23.0. The second kappa shape index (κ2) is 15.9. The molecule has 2 saturated heterocycles. The summed E-state index contributed by atoms with van der Waals surface area (Å²) in [6.45, 7) is 5.69. The summed E-state index contributed by atoms with van der Waals surface area (Å²) in [5.41, 5.74) is 2.34. The van der Waals surface area contributed by atoms with Crippen molar-refractivity contribution in [2.24, 2.45) is 0 Å². The molecule has 3 aromatic rings. The van der Waals surface area contributed by atoms with Crippen LogP contribution in [0.3, 0.4) is 0 Å². The molecule has 250 valence electrons. The van der Waals surface area contributed by atoms with Crippen LogP contribution in [-0.4, -0.2) is 98.5 Å². The molecule has 0 saturated carbocycles. The molecule has 3 amide bonds. The Bertz CT molecular complexity index is 1500. The first-order valence-corrected chi connectivity index (χ1v) is 16.3. The van der Waals surface area contributed by atoms with Gasteiger partial charge in [-0.1, -0.05) is 12.1 Å². The number of aromatic nitrogens is 2. The lowest BCUT2D eigenvalue weighted by atomic mass is 10.0. The molecule has 6 rings (SSSR count). The van der Waals surface area contributed by atoms with Crippen molar-refractivity contribution in [1.29, 1.82) is 0 Å². The van der Waals surface area contributed by atoms with E-state index in [4.69, 9.17) is 18.9 Å². The summed E-state index contributed by atoms with van der Waals surface area (Å²) in [4.78, 5) is 39.7. The Kier molecular flexibility index (Phi) is 11.0. The number of benzene rings is 2. The van der Waals surface area contributed by atoms with Gasteiger partial charge in [-0.3, -0.25) is 9.69 Å². The number of piperidine rings is 1. The molecule has 4 bridgehead atoms. The molecule has 3 aliphatic rings. The molecule has 3 N–H and O–H groups in total. The van der Waals surface area contributed by atoms with E-state index < -0.39 is 0 Å². The standard InChI is InChI=1S/C34H43N7O6/c1-44-13-14-45-28-16-26-17-29(18-28)47-27-6-4-5-24(15-27)23-46-31-22-40(12-7-30(31)39-34(43)36-9-8-35-32(26)42)21-25-19-37-33(38-20-25)41-10-2-3-11-41/h4-6,15-20,30-31H,2-3,7-14,21-23H2,1H3,(H,35,42)(H2,36,39,43)/t30-,31-/m0/s1. The fourth-order valence-electron chi connectivity index (χ4n) is 6.03. The van der Waals surface area contributed by atoms with Gasteiger partial charge in [-0.2, -0.15) is 0 Å². The van der Waals surface area contributed by atoms with Crippen LogP contribution in [0.15, 0.2) is 54.9 Å². The monoisotopic (exact) mass is 645 g/mol. The van der Waals surface area contributed by atoms with Crippen molar-refractivity contribution in [3.05, 3.63) is 71.5 Å². The third-order valence-corrected chi connectivity index (χ3v) is 8.44. The van der Waals surface area contributed by atoms with Crippen molar-refractivity contribution in [3.63, 3.8) is 0 Å². The van der Waals surface area contributed by atoms with Crippen molar-refractivity contribution in [2.75, 3.05) is 64.5 Å². The van der Waals surface area contributed by atoms with Crippen LogP contribution in [0.1, 0.15) is 40.7 Å². The number of anilines is 1. The van der Waals surface area contributed by atoms with Crippen molar-refractivity contribution < 1.29 is 28.5 Å². The number of carbonyl (C=O) groups is 2. The number of ether oxygens (including phenoxy) is 4. The minimum Gasteiger partial charge on any atom is -0.491 e. The zero-order valence-corrected chi connectivity index (χ0v) is 26.8. The number of hydrogen-bond acceptors (Lipinski definition) is 10. The minimum absolute atomic E-state index is 0.190. The highest BCUT2D eigenvalue weighted by Gasteiger charge is 2.31. The van der Waals surface area contributed by atoms with Gasteiger partial charge in [0.1, 0.15) is 23.9 Å². The van der Waals surface area contributed by atoms with E-state index in [2.05, 4.69) is 35.7 Å². The number of fused-ring (bicyclic) bond motifs is 5. The molecule has 0 radical (unpaired) electrons. The topological polar surface area (TPSA) is 139 Å². The molecule has 2 aromatic carbocycles. The van der Waals surface area contributed by atoms with Gasteiger partial charge in [-0.05, 0) is 49.1 Å². The maximum Gasteiger partial charge on any atom is 0.315 e. The van der Waals surface area contributed by atoms with E-state index in [0.717, 1.165) is 36.7 Å². The first-order valence-electron chi connectivity index (χ1n) is 16.3. The molecule has 13 nitrogen and oxygen atoms in total. The van der Waals surface area contributed by atoms with Crippen molar-refractivity contribution in [2.45, 2.75) is 44.6 Å². The Balaban J connectivity index is 1.16. The summed E-state index contributed by atoms with van der Waals surface area (Å²) in [6.07, 6.45) is 6.65. The van der Waals surface area contributed by atoms with E-state index in [9.17, 15) is 9.59 Å². The van der Waals surface area contributed by atoms with Crippen LogP contribution < -0.4 is 30.3 Å². The molecule has 0 spiro atoms. The maximum atomic E-state index is 13.0. The molecule has 2 fully saturated rings. The lowest BCUT2D eigenvalue weighted by Gasteiger charge is -2.38. The molecule has 13 heteroatoms. The third kappa shape index (κ3) is 9.09. The Morgan fingerprint density at radius 2 is 1.79 bits per heavy atom. The van der Waals surface area contributed by atoms with Crippen molar-refractivity contribution in [3.8, 4) is 17.2 Å². The average molecular weight is 646 g/mol. The van der Waals surface area contributed by atoms with Crippen molar-refractivity contribution >= 4 is 17.9 Å². The predicted molar refractivity (Wildman–Crippen MR) is 175 cm³/mol. The van der Waals surface area contributed by atoms with Gasteiger partial charge in [0, 0.05) is 82.5 Å². The number of amides is 3. The smallest absolute Gasteiger partial charge is 0.315 e. The maximum absolute atomic E-state index is 13.0. The third-order valence-electron chi connectivity index (χ3n) is 8.44.